The monoisotopic (exact) mass is 311 g/mol. The average molecular weight is 312 g/mol. The van der Waals surface area contributed by atoms with E-state index in [9.17, 15) is 17.6 Å². The van der Waals surface area contributed by atoms with E-state index in [0.717, 1.165) is 17.0 Å². The van der Waals surface area contributed by atoms with E-state index in [0.29, 0.717) is 5.56 Å². The molecule has 0 spiro atoms. The summed E-state index contributed by atoms with van der Waals surface area (Å²) in [5.74, 6) is -1.30. The van der Waals surface area contributed by atoms with Gasteiger partial charge in [0.05, 0.1) is 11.6 Å². The number of nitrogens with two attached hydrogens (primary N) is 1. The summed E-state index contributed by atoms with van der Waals surface area (Å²) in [5.41, 5.74) is 4.90. The molecule has 0 amide bonds. The van der Waals surface area contributed by atoms with Gasteiger partial charge in [-0.25, -0.2) is 4.39 Å². The quantitative estimate of drug-likeness (QED) is 0.819. The third kappa shape index (κ3) is 3.46. The molecule has 1 nitrogen and oxygen atoms in total. The zero-order chi connectivity index (χ0) is 13.3. The Morgan fingerprint density at radius 3 is 2.32 bits per heavy atom. The Labute approximate surface area is 117 Å². The molecular formula is C12H10ClF4NS. The Bertz CT molecular complexity index is 539. The molecule has 2 aromatic rings. The van der Waals surface area contributed by atoms with E-state index in [2.05, 4.69) is 0 Å². The predicted molar refractivity (Wildman–Crippen MR) is 69.0 cm³/mol. The molecule has 2 rings (SSSR count). The molecule has 1 aromatic carbocycles. The molecule has 0 aliphatic carbocycles. The Morgan fingerprint density at radius 1 is 1.16 bits per heavy atom. The van der Waals surface area contributed by atoms with Crippen LogP contribution in [-0.2, 0) is 6.18 Å². The zero-order valence-corrected chi connectivity index (χ0v) is 11.1. The van der Waals surface area contributed by atoms with Crippen LogP contribution < -0.4 is 5.73 Å². The number of alkyl halides is 3. The van der Waals surface area contributed by atoms with Gasteiger partial charge >= 0.3 is 6.18 Å². The lowest BCUT2D eigenvalue weighted by Gasteiger charge is -2.13. The zero-order valence-electron chi connectivity index (χ0n) is 9.45. The average Bonchev–Trinajstić information content (AvgIpc) is 2.79. The van der Waals surface area contributed by atoms with Gasteiger partial charge in [0.25, 0.3) is 0 Å². The van der Waals surface area contributed by atoms with Crippen molar-refractivity contribution in [2.24, 2.45) is 5.73 Å². The second-order valence-corrected chi connectivity index (χ2v) is 4.71. The molecule has 104 valence electrons. The Balaban J connectivity index is 0.00000180. The molecule has 0 unspecified atom stereocenters. The molecule has 1 atom stereocenters. The molecule has 1 heterocycles. The number of thiophene rings is 1. The molecule has 0 saturated carbocycles. The fourth-order valence-corrected chi connectivity index (χ4v) is 2.34. The van der Waals surface area contributed by atoms with Crippen LogP contribution in [-0.4, -0.2) is 0 Å². The highest BCUT2D eigenvalue weighted by Gasteiger charge is 2.34. The van der Waals surface area contributed by atoms with Crippen molar-refractivity contribution in [3.63, 3.8) is 0 Å². The van der Waals surface area contributed by atoms with E-state index in [1.165, 1.54) is 17.4 Å². The molecule has 0 fully saturated rings. The van der Waals surface area contributed by atoms with Crippen molar-refractivity contribution >= 4 is 23.7 Å². The van der Waals surface area contributed by atoms with Crippen LogP contribution in [0, 0.1) is 5.82 Å². The van der Waals surface area contributed by atoms with Crippen molar-refractivity contribution < 1.29 is 17.6 Å². The smallest absolute Gasteiger partial charge is 0.320 e. The standard InChI is InChI=1S/C12H9F4NS.ClH/c13-9-6-7(3-4-8(9)12(14,15)16)11(17)10-2-1-5-18-10;/h1-6,11H,17H2;1H/t11-;/m0./s1. The van der Waals surface area contributed by atoms with Gasteiger partial charge in [0.2, 0.25) is 0 Å². The second kappa shape index (κ2) is 5.90. The number of hydrogen-bond donors (Lipinski definition) is 1. The van der Waals surface area contributed by atoms with E-state index >= 15 is 0 Å². The van der Waals surface area contributed by atoms with Crippen LogP contribution in [0.2, 0.25) is 0 Å². The molecule has 19 heavy (non-hydrogen) atoms. The van der Waals surface area contributed by atoms with Crippen LogP contribution in [0.1, 0.15) is 22.0 Å². The summed E-state index contributed by atoms with van der Waals surface area (Å²) in [6.07, 6.45) is -4.68. The molecule has 0 bridgehead atoms. The van der Waals surface area contributed by atoms with Crippen LogP contribution >= 0.6 is 23.7 Å². The fourth-order valence-electron chi connectivity index (χ4n) is 1.59. The summed E-state index contributed by atoms with van der Waals surface area (Å²) in [6, 6.07) is 5.69. The van der Waals surface area contributed by atoms with E-state index in [4.69, 9.17) is 5.73 Å². The summed E-state index contributed by atoms with van der Waals surface area (Å²) in [4.78, 5) is 0.772. The van der Waals surface area contributed by atoms with Crippen LogP contribution in [0.25, 0.3) is 0 Å². The molecule has 0 saturated heterocycles. The summed E-state index contributed by atoms with van der Waals surface area (Å²) in [5, 5.41) is 1.80. The van der Waals surface area contributed by atoms with Crippen LogP contribution in [0.5, 0.6) is 0 Å². The maximum absolute atomic E-state index is 13.4. The van der Waals surface area contributed by atoms with E-state index in [1.807, 2.05) is 0 Å². The summed E-state index contributed by atoms with van der Waals surface area (Å²) >= 11 is 1.37. The first-order chi connectivity index (χ1) is 8.39. The largest absolute Gasteiger partial charge is 0.419 e. The molecule has 0 aliphatic rings. The minimum Gasteiger partial charge on any atom is -0.320 e. The molecular weight excluding hydrogens is 302 g/mol. The van der Waals surface area contributed by atoms with Gasteiger partial charge in [-0.1, -0.05) is 12.1 Å². The Hall–Kier alpha value is -1.11. The van der Waals surface area contributed by atoms with Crippen molar-refractivity contribution in [3.05, 3.63) is 57.5 Å². The maximum atomic E-state index is 13.4. The maximum Gasteiger partial charge on any atom is 0.419 e. The van der Waals surface area contributed by atoms with Crippen molar-refractivity contribution in [1.82, 2.24) is 0 Å². The topological polar surface area (TPSA) is 26.0 Å². The number of rotatable bonds is 2. The highest BCUT2D eigenvalue weighted by Crippen LogP contribution is 2.33. The van der Waals surface area contributed by atoms with E-state index in [1.54, 1.807) is 17.5 Å². The number of benzene rings is 1. The summed E-state index contributed by atoms with van der Waals surface area (Å²) < 4.78 is 50.5. The third-order valence-electron chi connectivity index (χ3n) is 2.51. The van der Waals surface area contributed by atoms with Gasteiger partial charge in [0.15, 0.2) is 0 Å². The van der Waals surface area contributed by atoms with E-state index < -0.39 is 23.6 Å². The van der Waals surface area contributed by atoms with Crippen LogP contribution in [0.15, 0.2) is 35.7 Å². The summed E-state index contributed by atoms with van der Waals surface area (Å²) in [6.45, 7) is 0. The van der Waals surface area contributed by atoms with Crippen molar-refractivity contribution in [3.8, 4) is 0 Å². The molecule has 0 radical (unpaired) electrons. The molecule has 1 aromatic heterocycles. The second-order valence-electron chi connectivity index (χ2n) is 3.73. The highest BCUT2D eigenvalue weighted by molar-refractivity contribution is 7.10. The minimum absolute atomic E-state index is 0. The van der Waals surface area contributed by atoms with Gasteiger partial charge in [-0.15, -0.1) is 23.7 Å². The predicted octanol–water partition coefficient (Wildman–Crippen LogP) is 4.38. The third-order valence-corrected chi connectivity index (χ3v) is 3.46. The van der Waals surface area contributed by atoms with Gasteiger partial charge in [-0.2, -0.15) is 13.2 Å². The van der Waals surface area contributed by atoms with Gasteiger partial charge in [0.1, 0.15) is 5.82 Å². The number of halogens is 5. The fraction of sp³-hybridized carbons (Fsp3) is 0.167. The first-order valence-electron chi connectivity index (χ1n) is 5.05. The lowest BCUT2D eigenvalue weighted by molar-refractivity contribution is -0.140. The lowest BCUT2D eigenvalue weighted by Crippen LogP contribution is -2.13. The summed E-state index contributed by atoms with van der Waals surface area (Å²) in [7, 11) is 0. The minimum atomic E-state index is -4.68. The van der Waals surface area contributed by atoms with Crippen molar-refractivity contribution in [2.45, 2.75) is 12.2 Å². The first kappa shape index (κ1) is 15.9. The highest BCUT2D eigenvalue weighted by atomic mass is 35.5. The Kier molecular flexibility index (Phi) is 4.95. The SMILES string of the molecule is Cl.N[C@@H](c1ccc(C(F)(F)F)c(F)c1)c1cccs1. The van der Waals surface area contributed by atoms with Gasteiger partial charge in [-0.3, -0.25) is 0 Å². The van der Waals surface area contributed by atoms with Crippen molar-refractivity contribution in [2.75, 3.05) is 0 Å². The van der Waals surface area contributed by atoms with E-state index in [-0.39, 0.29) is 12.4 Å². The first-order valence-corrected chi connectivity index (χ1v) is 5.93. The van der Waals surface area contributed by atoms with Crippen molar-refractivity contribution in [1.29, 1.82) is 0 Å². The van der Waals surface area contributed by atoms with Gasteiger partial charge in [0, 0.05) is 4.88 Å². The van der Waals surface area contributed by atoms with Crippen LogP contribution in [0.4, 0.5) is 17.6 Å². The van der Waals surface area contributed by atoms with Crippen LogP contribution in [0.3, 0.4) is 0 Å². The molecule has 0 aliphatic heterocycles. The Morgan fingerprint density at radius 2 is 1.84 bits per heavy atom. The lowest BCUT2D eigenvalue weighted by atomic mass is 10.0. The van der Waals surface area contributed by atoms with Gasteiger partial charge in [-0.05, 0) is 29.1 Å². The normalized spacial score (nSPS) is 12.9. The number of hydrogen-bond acceptors (Lipinski definition) is 2. The molecule has 7 heteroatoms. The van der Waals surface area contributed by atoms with Gasteiger partial charge < -0.3 is 5.73 Å². The molecule has 2 N–H and O–H groups in total.